The summed E-state index contributed by atoms with van der Waals surface area (Å²) in [5, 5.41) is 7.04. The van der Waals surface area contributed by atoms with Crippen molar-refractivity contribution in [3.8, 4) is 5.88 Å². The number of ether oxygens (including phenoxy) is 1. The fourth-order valence-corrected chi connectivity index (χ4v) is 3.44. The largest absolute Gasteiger partial charge is 0.481 e. The number of anilines is 2. The molecule has 0 saturated carbocycles. The molecule has 6 heteroatoms. The van der Waals surface area contributed by atoms with Crippen LogP contribution in [-0.2, 0) is 0 Å². The number of benzene rings is 1. The van der Waals surface area contributed by atoms with E-state index in [1.165, 1.54) is 30.5 Å². The quantitative estimate of drug-likeness (QED) is 0.772. The molecule has 2 N–H and O–H groups in total. The van der Waals surface area contributed by atoms with Crippen molar-refractivity contribution < 1.29 is 4.74 Å². The standard InChI is InChI=1S/C20H26N4OS/c1-15(22-20(26)23-17-8-11-19(25-2)21-14-17)16-6-9-18(10-7-16)24-12-4-3-5-13-24/h6-11,14-15H,3-5,12-13H2,1-2H3,(H2,22,23,26). The van der Waals surface area contributed by atoms with E-state index in [0.717, 1.165) is 18.8 Å². The Labute approximate surface area is 160 Å². The molecule has 1 saturated heterocycles. The normalized spacial score (nSPS) is 15.2. The third-order valence-electron chi connectivity index (χ3n) is 4.67. The second-order valence-electron chi connectivity index (χ2n) is 6.55. The molecular weight excluding hydrogens is 344 g/mol. The lowest BCUT2D eigenvalue weighted by Crippen LogP contribution is -2.31. The van der Waals surface area contributed by atoms with Gasteiger partial charge in [0.15, 0.2) is 5.11 Å². The summed E-state index contributed by atoms with van der Waals surface area (Å²) in [6.07, 6.45) is 5.63. The van der Waals surface area contributed by atoms with Gasteiger partial charge in [0.25, 0.3) is 0 Å². The van der Waals surface area contributed by atoms with Gasteiger partial charge < -0.3 is 20.3 Å². The first kappa shape index (κ1) is 18.5. The van der Waals surface area contributed by atoms with E-state index in [0.29, 0.717) is 11.0 Å². The number of nitrogens with zero attached hydrogens (tertiary/aromatic N) is 2. The van der Waals surface area contributed by atoms with Crippen LogP contribution in [0.3, 0.4) is 0 Å². The predicted molar refractivity (Wildman–Crippen MR) is 111 cm³/mol. The third-order valence-corrected chi connectivity index (χ3v) is 4.89. The summed E-state index contributed by atoms with van der Waals surface area (Å²) in [7, 11) is 1.60. The molecule has 1 fully saturated rings. The lowest BCUT2D eigenvalue weighted by atomic mass is 10.1. The molecule has 0 amide bonds. The van der Waals surface area contributed by atoms with E-state index in [1.54, 1.807) is 19.4 Å². The monoisotopic (exact) mass is 370 g/mol. The molecule has 1 aliphatic rings. The van der Waals surface area contributed by atoms with Gasteiger partial charge in [0.1, 0.15) is 0 Å². The van der Waals surface area contributed by atoms with Crippen LogP contribution in [0, 0.1) is 0 Å². The molecule has 1 unspecified atom stereocenters. The van der Waals surface area contributed by atoms with Crippen molar-refractivity contribution >= 4 is 28.7 Å². The van der Waals surface area contributed by atoms with Gasteiger partial charge in [-0.15, -0.1) is 0 Å². The van der Waals surface area contributed by atoms with Crippen molar-refractivity contribution in [2.75, 3.05) is 30.4 Å². The second-order valence-corrected chi connectivity index (χ2v) is 6.96. The van der Waals surface area contributed by atoms with Gasteiger partial charge in [-0.2, -0.15) is 0 Å². The number of thiocarbonyl (C=S) groups is 1. The van der Waals surface area contributed by atoms with E-state index < -0.39 is 0 Å². The first-order valence-corrected chi connectivity index (χ1v) is 9.49. The number of methoxy groups -OCH3 is 1. The molecule has 1 atom stereocenters. The van der Waals surface area contributed by atoms with Gasteiger partial charge in [0, 0.05) is 24.8 Å². The number of hydrogen-bond acceptors (Lipinski definition) is 4. The number of aromatic nitrogens is 1. The second kappa shape index (κ2) is 8.85. The number of rotatable bonds is 5. The first-order chi connectivity index (χ1) is 12.7. The molecule has 1 aromatic heterocycles. The fourth-order valence-electron chi connectivity index (χ4n) is 3.15. The summed E-state index contributed by atoms with van der Waals surface area (Å²) >= 11 is 5.41. The van der Waals surface area contributed by atoms with Crippen molar-refractivity contribution in [2.24, 2.45) is 0 Å². The van der Waals surface area contributed by atoms with Crippen molar-refractivity contribution in [2.45, 2.75) is 32.2 Å². The molecule has 0 aliphatic carbocycles. The summed E-state index contributed by atoms with van der Waals surface area (Å²) < 4.78 is 5.06. The molecular formula is C20H26N4OS. The molecule has 2 heterocycles. The zero-order valence-electron chi connectivity index (χ0n) is 15.4. The van der Waals surface area contributed by atoms with Crippen LogP contribution < -0.4 is 20.3 Å². The lowest BCUT2D eigenvalue weighted by molar-refractivity contribution is 0.398. The van der Waals surface area contributed by atoms with Gasteiger partial charge in [-0.3, -0.25) is 0 Å². The number of nitrogens with one attached hydrogen (secondary N) is 2. The maximum atomic E-state index is 5.41. The summed E-state index contributed by atoms with van der Waals surface area (Å²) in [5.41, 5.74) is 3.35. The van der Waals surface area contributed by atoms with E-state index in [9.17, 15) is 0 Å². The van der Waals surface area contributed by atoms with Crippen LogP contribution in [0.15, 0.2) is 42.6 Å². The van der Waals surface area contributed by atoms with Crippen LogP contribution in [0.4, 0.5) is 11.4 Å². The zero-order valence-corrected chi connectivity index (χ0v) is 16.2. The van der Waals surface area contributed by atoms with Crippen LogP contribution in [0.1, 0.15) is 37.8 Å². The van der Waals surface area contributed by atoms with E-state index in [4.69, 9.17) is 17.0 Å². The van der Waals surface area contributed by atoms with E-state index in [1.807, 2.05) is 6.07 Å². The Hall–Kier alpha value is -2.34. The number of hydrogen-bond donors (Lipinski definition) is 2. The van der Waals surface area contributed by atoms with Crippen molar-refractivity contribution in [1.29, 1.82) is 0 Å². The van der Waals surface area contributed by atoms with E-state index in [-0.39, 0.29) is 6.04 Å². The zero-order chi connectivity index (χ0) is 18.4. The summed E-state index contributed by atoms with van der Waals surface area (Å²) in [4.78, 5) is 6.63. The molecule has 3 rings (SSSR count). The average Bonchev–Trinajstić information content (AvgIpc) is 2.69. The van der Waals surface area contributed by atoms with Crippen molar-refractivity contribution in [3.05, 3.63) is 48.2 Å². The fraction of sp³-hybridized carbons (Fsp3) is 0.400. The molecule has 26 heavy (non-hydrogen) atoms. The molecule has 0 spiro atoms. The maximum absolute atomic E-state index is 5.41. The molecule has 1 aliphatic heterocycles. The minimum atomic E-state index is 0.122. The van der Waals surface area contributed by atoms with Crippen molar-refractivity contribution in [3.63, 3.8) is 0 Å². The van der Waals surface area contributed by atoms with Crippen LogP contribution >= 0.6 is 12.2 Å². The van der Waals surface area contributed by atoms with Gasteiger partial charge in [-0.1, -0.05) is 12.1 Å². The van der Waals surface area contributed by atoms with Crippen LogP contribution in [0.5, 0.6) is 5.88 Å². The van der Waals surface area contributed by atoms with E-state index >= 15 is 0 Å². The van der Waals surface area contributed by atoms with Crippen LogP contribution in [0.2, 0.25) is 0 Å². The van der Waals surface area contributed by atoms with Crippen LogP contribution in [-0.4, -0.2) is 30.3 Å². The van der Waals surface area contributed by atoms with Gasteiger partial charge in [-0.25, -0.2) is 4.98 Å². The number of piperidine rings is 1. The Kier molecular flexibility index (Phi) is 6.28. The third kappa shape index (κ3) is 4.85. The highest BCUT2D eigenvalue weighted by Gasteiger charge is 2.12. The lowest BCUT2D eigenvalue weighted by Gasteiger charge is -2.29. The predicted octanol–water partition coefficient (Wildman–Crippen LogP) is 4.13. The Morgan fingerprint density at radius 1 is 1.12 bits per heavy atom. The minimum absolute atomic E-state index is 0.122. The Bertz CT molecular complexity index is 712. The van der Waals surface area contributed by atoms with E-state index in [2.05, 4.69) is 51.7 Å². The summed E-state index contributed by atoms with van der Waals surface area (Å²) in [6.45, 7) is 4.43. The highest BCUT2D eigenvalue weighted by molar-refractivity contribution is 7.80. The summed E-state index contributed by atoms with van der Waals surface area (Å²) in [6, 6.07) is 12.6. The first-order valence-electron chi connectivity index (χ1n) is 9.08. The highest BCUT2D eigenvalue weighted by Crippen LogP contribution is 2.22. The Balaban J connectivity index is 1.54. The molecule has 0 bridgehead atoms. The van der Waals surface area contributed by atoms with Crippen LogP contribution in [0.25, 0.3) is 0 Å². The molecule has 1 aromatic carbocycles. The van der Waals surface area contributed by atoms with Gasteiger partial charge in [-0.05, 0) is 62.2 Å². The highest BCUT2D eigenvalue weighted by atomic mass is 32.1. The van der Waals surface area contributed by atoms with Gasteiger partial charge in [0.2, 0.25) is 5.88 Å². The summed E-state index contributed by atoms with van der Waals surface area (Å²) in [5.74, 6) is 0.580. The topological polar surface area (TPSA) is 49.4 Å². The molecule has 138 valence electrons. The SMILES string of the molecule is COc1ccc(NC(=S)NC(C)c2ccc(N3CCCCC3)cc2)cn1. The van der Waals surface area contributed by atoms with Gasteiger partial charge in [0.05, 0.1) is 25.0 Å². The minimum Gasteiger partial charge on any atom is -0.481 e. The average molecular weight is 371 g/mol. The molecule has 5 nitrogen and oxygen atoms in total. The molecule has 0 radical (unpaired) electrons. The Morgan fingerprint density at radius 3 is 2.46 bits per heavy atom. The molecule has 2 aromatic rings. The smallest absolute Gasteiger partial charge is 0.213 e. The van der Waals surface area contributed by atoms with Gasteiger partial charge >= 0.3 is 0 Å². The maximum Gasteiger partial charge on any atom is 0.213 e. The number of pyridine rings is 1. The Morgan fingerprint density at radius 2 is 1.85 bits per heavy atom. The van der Waals surface area contributed by atoms with Crippen molar-refractivity contribution in [1.82, 2.24) is 10.3 Å².